The van der Waals surface area contributed by atoms with Gasteiger partial charge in [0, 0.05) is 5.56 Å². The van der Waals surface area contributed by atoms with Crippen molar-refractivity contribution in [2.45, 2.75) is 13.8 Å². The molecule has 0 saturated heterocycles. The number of rotatable bonds is 3. The highest BCUT2D eigenvalue weighted by Gasteiger charge is 2.16. The zero-order chi connectivity index (χ0) is 17.4. The Hall–Kier alpha value is -3.06. The summed E-state index contributed by atoms with van der Waals surface area (Å²) in [5.41, 5.74) is 1.36. The molecule has 0 aliphatic rings. The molecule has 4 rings (SSSR count). The number of nitrogens with one attached hydrogen (secondary N) is 1. The van der Waals surface area contributed by atoms with Crippen LogP contribution in [-0.2, 0) is 0 Å². The molecule has 0 spiro atoms. The molecule has 0 fully saturated rings. The van der Waals surface area contributed by atoms with Gasteiger partial charge in [-0.2, -0.15) is 0 Å². The molecule has 0 aliphatic heterocycles. The minimum atomic E-state index is -0.293. The van der Waals surface area contributed by atoms with Crippen molar-refractivity contribution in [3.05, 3.63) is 58.7 Å². The molecule has 2 aromatic heterocycles. The van der Waals surface area contributed by atoms with Crippen LogP contribution in [-0.4, -0.2) is 21.1 Å². The van der Waals surface area contributed by atoms with Gasteiger partial charge in [0.1, 0.15) is 4.88 Å². The van der Waals surface area contributed by atoms with Gasteiger partial charge < -0.3 is 4.42 Å². The Morgan fingerprint density at radius 3 is 2.64 bits per heavy atom. The molecular weight excluding hydrogens is 336 g/mol. The second-order valence-electron chi connectivity index (χ2n) is 5.58. The number of hydrogen-bond acceptors (Lipinski definition) is 6. The molecule has 0 radical (unpaired) electrons. The van der Waals surface area contributed by atoms with E-state index >= 15 is 0 Å². The van der Waals surface area contributed by atoms with E-state index < -0.39 is 0 Å². The Morgan fingerprint density at radius 1 is 1.08 bits per heavy atom. The zero-order valence-electron chi connectivity index (χ0n) is 13.6. The molecule has 124 valence electrons. The van der Waals surface area contributed by atoms with Crippen LogP contribution in [0.1, 0.15) is 21.1 Å². The average Bonchev–Trinajstić information content (AvgIpc) is 3.20. The fourth-order valence-corrected chi connectivity index (χ4v) is 3.44. The lowest BCUT2D eigenvalue weighted by Gasteiger charge is -2.03. The molecular formula is C18H14N4O2S. The first-order chi connectivity index (χ1) is 12.1. The van der Waals surface area contributed by atoms with Crippen molar-refractivity contribution in [1.82, 2.24) is 15.2 Å². The van der Waals surface area contributed by atoms with Crippen molar-refractivity contribution in [2.24, 2.45) is 0 Å². The number of amides is 1. The third-order valence-electron chi connectivity index (χ3n) is 3.75. The van der Waals surface area contributed by atoms with Crippen molar-refractivity contribution in [1.29, 1.82) is 0 Å². The third-order valence-corrected chi connectivity index (χ3v) is 4.82. The summed E-state index contributed by atoms with van der Waals surface area (Å²) >= 11 is 1.48. The van der Waals surface area contributed by atoms with E-state index in [9.17, 15) is 4.79 Å². The highest BCUT2D eigenvalue weighted by Crippen LogP contribution is 2.29. The third kappa shape index (κ3) is 3.01. The van der Waals surface area contributed by atoms with E-state index in [0.717, 1.165) is 26.4 Å². The monoisotopic (exact) mass is 350 g/mol. The second kappa shape index (κ2) is 6.10. The van der Waals surface area contributed by atoms with Crippen LogP contribution in [0.15, 0.2) is 46.9 Å². The molecule has 0 bridgehead atoms. The number of fused-ring (bicyclic) bond motifs is 1. The fraction of sp³-hybridized carbons (Fsp3) is 0.111. The van der Waals surface area contributed by atoms with Crippen molar-refractivity contribution in [3.8, 4) is 10.8 Å². The van der Waals surface area contributed by atoms with Crippen LogP contribution in [0, 0.1) is 13.8 Å². The van der Waals surface area contributed by atoms with Gasteiger partial charge in [0.05, 0.1) is 10.7 Å². The lowest BCUT2D eigenvalue weighted by molar-refractivity contribution is 0.102. The fourth-order valence-electron chi connectivity index (χ4n) is 2.60. The molecule has 0 saturated carbocycles. The summed E-state index contributed by atoms with van der Waals surface area (Å²) in [7, 11) is 0. The van der Waals surface area contributed by atoms with Gasteiger partial charge in [-0.25, -0.2) is 4.98 Å². The summed E-state index contributed by atoms with van der Waals surface area (Å²) in [5.74, 6) is 0.0649. The minimum Gasteiger partial charge on any atom is -0.402 e. The number of aromatic nitrogens is 3. The van der Waals surface area contributed by atoms with Gasteiger partial charge >= 0.3 is 6.01 Å². The summed E-state index contributed by atoms with van der Waals surface area (Å²) in [6.45, 7) is 3.80. The highest BCUT2D eigenvalue weighted by molar-refractivity contribution is 7.15. The number of nitrogens with zero attached hydrogens (tertiary/aromatic N) is 3. The summed E-state index contributed by atoms with van der Waals surface area (Å²) in [5, 5.41) is 13.5. The molecule has 1 N–H and O–H groups in total. The predicted molar refractivity (Wildman–Crippen MR) is 96.8 cm³/mol. The lowest BCUT2D eigenvalue weighted by atomic mass is 10.1. The predicted octanol–water partition coefficient (Wildman–Crippen LogP) is 4.22. The number of carbonyl (C=O) groups is 1. The smallest absolute Gasteiger partial charge is 0.322 e. The SMILES string of the molecule is Cc1nc(C)c(-c2nnc(NC(=O)c3ccc4ccccc4c3)o2)s1. The number of anilines is 1. The molecule has 2 aromatic carbocycles. The number of thiazole rings is 1. The Bertz CT molecular complexity index is 1080. The number of carbonyl (C=O) groups excluding carboxylic acids is 1. The van der Waals surface area contributed by atoms with Gasteiger partial charge in [-0.05, 0) is 36.8 Å². The summed E-state index contributed by atoms with van der Waals surface area (Å²) < 4.78 is 5.56. The highest BCUT2D eigenvalue weighted by atomic mass is 32.1. The zero-order valence-corrected chi connectivity index (χ0v) is 14.4. The first-order valence-corrected chi connectivity index (χ1v) is 8.50. The van der Waals surface area contributed by atoms with Crippen LogP contribution < -0.4 is 5.32 Å². The van der Waals surface area contributed by atoms with Crippen LogP contribution in [0.5, 0.6) is 0 Å². The van der Waals surface area contributed by atoms with Crippen LogP contribution in [0.4, 0.5) is 6.01 Å². The van der Waals surface area contributed by atoms with Crippen LogP contribution >= 0.6 is 11.3 Å². The van der Waals surface area contributed by atoms with E-state index in [-0.39, 0.29) is 11.9 Å². The maximum absolute atomic E-state index is 12.4. The van der Waals surface area contributed by atoms with E-state index in [1.165, 1.54) is 11.3 Å². The van der Waals surface area contributed by atoms with Gasteiger partial charge in [0.2, 0.25) is 0 Å². The van der Waals surface area contributed by atoms with E-state index in [1.54, 1.807) is 6.07 Å². The minimum absolute atomic E-state index is 0.0682. The van der Waals surface area contributed by atoms with Crippen molar-refractivity contribution in [3.63, 3.8) is 0 Å². The van der Waals surface area contributed by atoms with E-state index in [1.807, 2.05) is 50.2 Å². The van der Waals surface area contributed by atoms with Crippen LogP contribution in [0.3, 0.4) is 0 Å². The van der Waals surface area contributed by atoms with E-state index in [0.29, 0.717) is 11.5 Å². The van der Waals surface area contributed by atoms with Crippen molar-refractivity contribution < 1.29 is 9.21 Å². The molecule has 1 amide bonds. The Morgan fingerprint density at radius 2 is 1.88 bits per heavy atom. The number of benzene rings is 2. The lowest BCUT2D eigenvalue weighted by Crippen LogP contribution is -2.12. The van der Waals surface area contributed by atoms with Gasteiger partial charge in [0.25, 0.3) is 11.8 Å². The average molecular weight is 350 g/mol. The van der Waals surface area contributed by atoms with E-state index in [2.05, 4.69) is 20.5 Å². The summed E-state index contributed by atoms with van der Waals surface area (Å²) in [6, 6.07) is 13.4. The molecule has 2 heterocycles. The quantitative estimate of drug-likeness (QED) is 0.598. The maximum atomic E-state index is 12.4. The first-order valence-electron chi connectivity index (χ1n) is 7.68. The summed E-state index contributed by atoms with van der Waals surface area (Å²) in [4.78, 5) is 17.6. The summed E-state index contributed by atoms with van der Waals surface area (Å²) in [6.07, 6.45) is 0. The molecule has 6 nitrogen and oxygen atoms in total. The first kappa shape index (κ1) is 15.5. The molecule has 0 atom stereocenters. The normalized spacial score (nSPS) is 11.0. The largest absolute Gasteiger partial charge is 0.402 e. The molecule has 0 unspecified atom stereocenters. The second-order valence-corrected chi connectivity index (χ2v) is 6.78. The standard InChI is InChI=1S/C18H14N4O2S/c1-10-15(25-11(2)19-10)17-21-22-18(24-17)20-16(23)14-8-7-12-5-3-4-6-13(12)9-14/h3-9H,1-2H3,(H,20,22,23). The topological polar surface area (TPSA) is 80.9 Å². The van der Waals surface area contributed by atoms with Crippen molar-refractivity contribution >= 4 is 34.0 Å². The Balaban J connectivity index is 1.57. The molecule has 0 aliphatic carbocycles. The molecule has 4 aromatic rings. The van der Waals surface area contributed by atoms with E-state index in [4.69, 9.17) is 4.42 Å². The van der Waals surface area contributed by atoms with Crippen molar-refractivity contribution in [2.75, 3.05) is 5.32 Å². The maximum Gasteiger partial charge on any atom is 0.322 e. The molecule has 7 heteroatoms. The van der Waals surface area contributed by atoms with Gasteiger partial charge in [-0.1, -0.05) is 35.4 Å². The number of aryl methyl sites for hydroxylation is 2. The Kier molecular flexibility index (Phi) is 3.77. The van der Waals surface area contributed by atoms with Gasteiger partial charge in [-0.3, -0.25) is 10.1 Å². The molecule has 25 heavy (non-hydrogen) atoms. The van der Waals surface area contributed by atoms with Gasteiger partial charge in [-0.15, -0.1) is 16.4 Å². The number of hydrogen-bond donors (Lipinski definition) is 1. The van der Waals surface area contributed by atoms with Gasteiger partial charge in [0.15, 0.2) is 0 Å². The van der Waals surface area contributed by atoms with Crippen LogP contribution in [0.2, 0.25) is 0 Å². The Labute approximate surface area is 147 Å². The van der Waals surface area contributed by atoms with Crippen LogP contribution in [0.25, 0.3) is 21.5 Å².